The van der Waals surface area contributed by atoms with Gasteiger partial charge in [0, 0.05) is 0 Å². The maximum atomic E-state index is 10.4. The number of fused-ring (bicyclic) bond motifs is 1. The Morgan fingerprint density at radius 3 is 2.00 bits per heavy atom. The number of phosphoric acid groups is 3. The molecule has 23 heteroatoms. The predicted molar refractivity (Wildman–Crippen MR) is 97.7 cm³/mol. The third kappa shape index (κ3) is 7.19. The minimum atomic E-state index is -5.46. The molecule has 1 aliphatic heterocycles. The Hall–Kier alpha value is -1.60. The lowest BCUT2D eigenvalue weighted by Crippen LogP contribution is -2.33. The quantitative estimate of drug-likeness (QED) is 0.128. The molecule has 0 spiro atoms. The van der Waals surface area contributed by atoms with Crippen LogP contribution in [-0.2, 0) is 27.1 Å². The van der Waals surface area contributed by atoms with Gasteiger partial charge < -0.3 is 49.7 Å². The molecule has 2 aromatic rings. The average molecular weight is 541 g/mol. The molecular formula is C10H18N5O15P3. The summed E-state index contributed by atoms with van der Waals surface area (Å²) in [7, 11) is -16.2. The highest BCUT2D eigenvalue weighted by Gasteiger charge is 2.44. The fourth-order valence-electron chi connectivity index (χ4n) is 2.50. The van der Waals surface area contributed by atoms with Gasteiger partial charge in [-0.25, -0.2) is 23.7 Å². The Labute approximate surface area is 181 Å². The van der Waals surface area contributed by atoms with Crippen LogP contribution in [0.1, 0.15) is 6.23 Å². The van der Waals surface area contributed by atoms with Crippen molar-refractivity contribution in [2.24, 2.45) is 0 Å². The van der Waals surface area contributed by atoms with E-state index in [1.807, 2.05) is 0 Å². The number of hydrogen-bond donors (Lipinski definition) is 10. The van der Waals surface area contributed by atoms with E-state index in [2.05, 4.69) is 18.6 Å². The monoisotopic (exact) mass is 541 g/mol. The van der Waals surface area contributed by atoms with E-state index in [-0.39, 0.29) is 16.7 Å². The van der Waals surface area contributed by atoms with E-state index in [9.17, 15) is 29.1 Å². The molecule has 0 amide bonds. The van der Waals surface area contributed by atoms with Crippen molar-refractivity contribution in [2.75, 3.05) is 6.61 Å². The van der Waals surface area contributed by atoms with Gasteiger partial charge in [0.25, 0.3) is 0 Å². The molecule has 0 bridgehead atoms. The summed E-state index contributed by atoms with van der Waals surface area (Å²) in [5.74, 6) is 0. The average Bonchev–Trinajstić information content (AvgIpc) is 3.17. The first-order valence-corrected chi connectivity index (χ1v) is 12.7. The van der Waals surface area contributed by atoms with Crippen LogP contribution in [0.25, 0.3) is 11.2 Å². The van der Waals surface area contributed by atoms with Gasteiger partial charge in [0.15, 0.2) is 22.9 Å². The van der Waals surface area contributed by atoms with Crippen molar-refractivity contribution < 1.29 is 72.0 Å². The molecule has 4 atom stereocenters. The van der Waals surface area contributed by atoms with Gasteiger partial charge in [-0.2, -0.15) is 13.4 Å². The van der Waals surface area contributed by atoms with Gasteiger partial charge >= 0.3 is 23.5 Å². The molecule has 2 aromatic heterocycles. The Morgan fingerprint density at radius 1 is 1.00 bits per heavy atom. The zero-order valence-electron chi connectivity index (χ0n) is 15.8. The molecule has 3 heterocycles. The van der Waals surface area contributed by atoms with Crippen molar-refractivity contribution in [3.63, 3.8) is 0 Å². The maximum absolute atomic E-state index is 10.4. The van der Waals surface area contributed by atoms with E-state index in [1.54, 1.807) is 0 Å². The van der Waals surface area contributed by atoms with Crippen LogP contribution in [0, 0.1) is 5.41 Å². The van der Waals surface area contributed by atoms with Gasteiger partial charge in [-0.3, -0.25) is 9.98 Å². The lowest BCUT2D eigenvalue weighted by atomic mass is 10.1. The molecule has 33 heavy (non-hydrogen) atoms. The summed E-state index contributed by atoms with van der Waals surface area (Å²) >= 11 is 0. The molecule has 1 aliphatic rings. The molecule has 0 unspecified atom stereocenters. The van der Waals surface area contributed by atoms with E-state index in [0.29, 0.717) is 4.73 Å². The van der Waals surface area contributed by atoms with E-state index in [0.717, 1.165) is 6.33 Å². The van der Waals surface area contributed by atoms with Crippen LogP contribution in [0.2, 0.25) is 0 Å². The highest BCUT2D eigenvalue weighted by atomic mass is 31.3. The number of hydrogen-bond acceptors (Lipinski definition) is 13. The van der Waals surface area contributed by atoms with E-state index < -0.39 is 54.6 Å². The highest BCUT2D eigenvalue weighted by molar-refractivity contribution is 7.66. The zero-order valence-corrected chi connectivity index (χ0v) is 18.5. The lowest BCUT2D eigenvalue weighted by molar-refractivity contribution is -0.0511. The van der Waals surface area contributed by atoms with Crippen molar-refractivity contribution in [1.82, 2.24) is 19.3 Å². The molecule has 0 aliphatic carbocycles. The summed E-state index contributed by atoms with van der Waals surface area (Å²) in [5, 5.41) is 45.7. The first-order valence-electron chi connectivity index (χ1n) is 8.13. The summed E-state index contributed by atoms with van der Waals surface area (Å²) in [6.45, 7) is -0.435. The van der Waals surface area contributed by atoms with Crippen LogP contribution in [0.5, 0.6) is 0 Å². The van der Waals surface area contributed by atoms with Crippen LogP contribution in [0.3, 0.4) is 0 Å². The highest BCUT2D eigenvalue weighted by Crippen LogP contribution is 2.64. The summed E-state index contributed by atoms with van der Waals surface area (Å²) in [6, 6.07) is 0. The van der Waals surface area contributed by atoms with E-state index >= 15 is 0 Å². The van der Waals surface area contributed by atoms with Gasteiger partial charge in [-0.1, -0.05) is 0 Å². The van der Waals surface area contributed by atoms with Gasteiger partial charge in [-0.15, -0.1) is 0 Å². The molecule has 3 rings (SSSR count). The topological polar surface area (TPSA) is 320 Å². The van der Waals surface area contributed by atoms with Crippen molar-refractivity contribution in [3.8, 4) is 0 Å². The summed E-state index contributed by atoms with van der Waals surface area (Å²) in [6.07, 6.45) is -2.07. The predicted octanol–water partition coefficient (Wildman–Crippen LogP) is -3.13. The number of nitrogens with zero attached hydrogens (tertiary/aromatic N) is 4. The fraction of sp³-hybridized carbons (Fsp3) is 0.500. The number of imidazole rings is 1. The van der Waals surface area contributed by atoms with E-state index in [1.165, 1.54) is 10.9 Å². The Balaban J connectivity index is 0.000000260. The second-order valence-electron chi connectivity index (χ2n) is 6.10. The number of ether oxygens (including phenoxy) is 1. The number of aromatic nitrogens is 4. The number of rotatable bonds is 6. The van der Waals surface area contributed by atoms with Crippen molar-refractivity contribution >= 4 is 34.6 Å². The third-order valence-corrected chi connectivity index (χ3v) is 7.07. The van der Waals surface area contributed by atoms with Gasteiger partial charge in [-0.05, 0) is 0 Å². The largest absolute Gasteiger partial charge is 0.490 e. The summed E-state index contributed by atoms with van der Waals surface area (Å²) in [5.41, 5.74) is 0.0726. The standard InChI is InChI=1S/C10H13N5O5.H5O10P3/c11-8-5-9(13-3-15(8)19)14(2-12-5)10-7(18)6(17)4(1-16)20-10;1-11(2,3)9-13(7,8)10-12(4,5)6/h2-4,6-7,10-11,16-19H,1H2;(H,7,8)(H2,1,2,3)(H2,4,5,6)/t4-,6-,7-,10-;/m1./s1. The van der Waals surface area contributed by atoms with E-state index in [4.69, 9.17) is 39.7 Å². The SMILES string of the molecule is N=c1c2ncn([C@@H]3O[C@H](CO)[C@@H](O)[C@H]3O)c2ncn1O.O=P(O)(O)OP(=O)(O)OP(=O)(O)O. The smallest absolute Gasteiger partial charge is 0.425 e. The van der Waals surface area contributed by atoms with Crippen molar-refractivity contribution in [3.05, 3.63) is 18.1 Å². The summed E-state index contributed by atoms with van der Waals surface area (Å²) in [4.78, 5) is 48.1. The minimum absolute atomic E-state index is 0.118. The zero-order chi connectivity index (χ0) is 25.4. The normalized spacial score (nSPS) is 24.0. The van der Waals surface area contributed by atoms with Crippen molar-refractivity contribution in [1.29, 1.82) is 5.41 Å². The molecule has 188 valence electrons. The van der Waals surface area contributed by atoms with Gasteiger partial charge in [0.2, 0.25) is 0 Å². The minimum Gasteiger partial charge on any atom is -0.425 e. The molecule has 20 nitrogen and oxygen atoms in total. The van der Waals surface area contributed by atoms with Crippen LogP contribution >= 0.6 is 23.5 Å². The second kappa shape index (κ2) is 9.95. The first kappa shape index (κ1) is 27.6. The molecule has 1 fully saturated rings. The van der Waals surface area contributed by atoms with Crippen LogP contribution < -0.4 is 5.49 Å². The van der Waals surface area contributed by atoms with Crippen molar-refractivity contribution in [2.45, 2.75) is 24.5 Å². The van der Waals surface area contributed by atoms with Crippen LogP contribution in [0.4, 0.5) is 0 Å². The van der Waals surface area contributed by atoms with Gasteiger partial charge in [0.05, 0.1) is 12.9 Å². The van der Waals surface area contributed by atoms with Crippen LogP contribution in [-0.4, -0.2) is 89.2 Å². The Kier molecular flexibility index (Phi) is 8.33. The molecule has 1 saturated heterocycles. The summed E-state index contributed by atoms with van der Waals surface area (Å²) < 4.78 is 43.6. The second-order valence-corrected chi connectivity index (χ2v) is 10.3. The third-order valence-electron chi connectivity index (χ3n) is 3.72. The number of aliphatic hydroxyl groups excluding tert-OH is 3. The molecule has 0 saturated carbocycles. The molecule has 10 N–H and O–H groups in total. The maximum Gasteiger partial charge on any atom is 0.490 e. The number of aliphatic hydroxyl groups is 3. The molecule has 0 aromatic carbocycles. The number of nitrogens with one attached hydrogen (secondary N) is 1. The van der Waals surface area contributed by atoms with Gasteiger partial charge in [0.1, 0.15) is 24.6 Å². The Bertz CT molecular complexity index is 1160. The fourth-order valence-corrected chi connectivity index (χ4v) is 5.04. The lowest BCUT2D eigenvalue weighted by Gasteiger charge is -2.16. The Morgan fingerprint density at radius 2 is 1.55 bits per heavy atom. The molecular weight excluding hydrogens is 523 g/mol. The van der Waals surface area contributed by atoms with Crippen LogP contribution in [0.15, 0.2) is 12.7 Å². The molecule has 0 radical (unpaired) electrons. The first-order chi connectivity index (χ1) is 15.0.